The van der Waals surface area contributed by atoms with Gasteiger partial charge in [-0.05, 0) is 53.0 Å². The smallest absolute Gasteiger partial charge is 0.276 e. The predicted octanol–water partition coefficient (Wildman–Crippen LogP) is 4.37. The molecule has 0 saturated heterocycles. The fourth-order valence-corrected chi connectivity index (χ4v) is 1.77. The van der Waals surface area contributed by atoms with E-state index in [1.54, 1.807) is 0 Å². The quantitative estimate of drug-likeness (QED) is 0.752. The van der Waals surface area contributed by atoms with Crippen LogP contribution in [0.25, 0.3) is 0 Å². The average molecular weight is 345 g/mol. The molecular weight excluding hydrogens is 336 g/mol. The summed E-state index contributed by atoms with van der Waals surface area (Å²) < 4.78 is -1.21. The van der Waals surface area contributed by atoms with E-state index in [0.29, 0.717) is 5.69 Å². The first kappa shape index (κ1) is 14.1. The van der Waals surface area contributed by atoms with Gasteiger partial charge in [-0.15, -0.1) is 0 Å². The highest BCUT2D eigenvalue weighted by molar-refractivity contribution is 9.10. The van der Waals surface area contributed by atoms with Crippen molar-refractivity contribution < 1.29 is 4.79 Å². The van der Waals surface area contributed by atoms with Gasteiger partial charge in [-0.2, -0.15) is 0 Å². The van der Waals surface area contributed by atoms with Gasteiger partial charge >= 0.3 is 0 Å². The molecule has 1 amide bonds. The normalized spacial score (nSPS) is 11.4. The molecule has 0 unspecified atom stereocenters. The first-order chi connectivity index (χ1) is 7.21. The molecule has 88 valence electrons. The van der Waals surface area contributed by atoms with Gasteiger partial charge in [0, 0.05) is 4.47 Å². The molecule has 2 nitrogen and oxygen atoms in total. The molecule has 0 aliphatic carbocycles. The van der Waals surface area contributed by atoms with Crippen LogP contribution in [0.3, 0.4) is 0 Å². The van der Waals surface area contributed by atoms with Gasteiger partial charge < -0.3 is 5.32 Å². The van der Waals surface area contributed by atoms with Gasteiger partial charge in [0.15, 0.2) is 0 Å². The van der Waals surface area contributed by atoms with E-state index in [0.717, 1.165) is 15.6 Å². The van der Waals surface area contributed by atoms with Crippen molar-refractivity contribution in [2.45, 2.75) is 17.6 Å². The van der Waals surface area contributed by atoms with Crippen LogP contribution in [0.15, 0.2) is 16.6 Å². The Morgan fingerprint density at radius 3 is 2.25 bits per heavy atom. The molecule has 0 radical (unpaired) electrons. The van der Waals surface area contributed by atoms with Gasteiger partial charge in [-0.25, -0.2) is 0 Å². The summed E-state index contributed by atoms with van der Waals surface area (Å²) in [7, 11) is 0. The number of benzene rings is 1. The Morgan fingerprint density at radius 2 is 1.75 bits per heavy atom. The van der Waals surface area contributed by atoms with Crippen molar-refractivity contribution in [2.24, 2.45) is 0 Å². The SMILES string of the molecule is Cc1cc(Br)c(NC(=O)C(Cl)(Cl)Cl)cc1C. The number of amides is 1. The van der Waals surface area contributed by atoms with Crippen LogP contribution in [0.2, 0.25) is 0 Å². The van der Waals surface area contributed by atoms with Gasteiger partial charge in [0.1, 0.15) is 0 Å². The lowest BCUT2D eigenvalue weighted by atomic mass is 10.1. The number of alkyl halides is 3. The topological polar surface area (TPSA) is 29.1 Å². The summed E-state index contributed by atoms with van der Waals surface area (Å²) in [6.07, 6.45) is 0. The van der Waals surface area contributed by atoms with Crippen LogP contribution in [0, 0.1) is 13.8 Å². The number of aryl methyl sites for hydroxylation is 2. The Hall–Kier alpha value is 0.0400. The second kappa shape index (κ2) is 5.13. The van der Waals surface area contributed by atoms with E-state index >= 15 is 0 Å². The molecule has 0 aliphatic rings. The van der Waals surface area contributed by atoms with E-state index in [2.05, 4.69) is 21.2 Å². The van der Waals surface area contributed by atoms with Crippen molar-refractivity contribution in [1.29, 1.82) is 0 Å². The third-order valence-corrected chi connectivity index (χ3v) is 3.26. The zero-order valence-corrected chi connectivity index (χ0v) is 12.4. The maximum atomic E-state index is 11.5. The molecule has 0 bridgehead atoms. The number of rotatable bonds is 1. The van der Waals surface area contributed by atoms with Crippen LogP contribution in [0.5, 0.6) is 0 Å². The Labute approximate surface area is 117 Å². The molecule has 0 heterocycles. The lowest BCUT2D eigenvalue weighted by molar-refractivity contribution is -0.115. The number of hydrogen-bond donors (Lipinski definition) is 1. The molecule has 6 heteroatoms. The van der Waals surface area contributed by atoms with Crippen molar-refractivity contribution in [1.82, 2.24) is 0 Å². The van der Waals surface area contributed by atoms with E-state index in [4.69, 9.17) is 34.8 Å². The van der Waals surface area contributed by atoms with Crippen LogP contribution >= 0.6 is 50.7 Å². The summed E-state index contributed by atoms with van der Waals surface area (Å²) in [6, 6.07) is 3.71. The maximum Gasteiger partial charge on any atom is 0.276 e. The summed E-state index contributed by atoms with van der Waals surface area (Å²) in [4.78, 5) is 11.5. The Kier molecular flexibility index (Phi) is 4.52. The van der Waals surface area contributed by atoms with Gasteiger partial charge in [0.25, 0.3) is 9.70 Å². The van der Waals surface area contributed by atoms with E-state index in [-0.39, 0.29) is 0 Å². The van der Waals surface area contributed by atoms with Crippen molar-refractivity contribution in [2.75, 3.05) is 5.32 Å². The standard InChI is InChI=1S/C10H9BrCl3NO/c1-5-3-7(11)8(4-6(5)2)15-9(16)10(12,13)14/h3-4H,1-2H3,(H,15,16). The second-order valence-electron chi connectivity index (χ2n) is 3.37. The highest BCUT2D eigenvalue weighted by Gasteiger charge is 2.31. The molecule has 0 aliphatic heterocycles. The Bertz CT molecular complexity index is 429. The monoisotopic (exact) mass is 343 g/mol. The zero-order chi connectivity index (χ0) is 12.5. The Balaban J connectivity index is 2.99. The minimum atomic E-state index is -1.96. The fourth-order valence-electron chi connectivity index (χ4n) is 1.07. The zero-order valence-electron chi connectivity index (χ0n) is 8.57. The van der Waals surface area contributed by atoms with Crippen LogP contribution in [-0.2, 0) is 4.79 Å². The van der Waals surface area contributed by atoms with E-state index in [9.17, 15) is 4.79 Å². The summed E-state index contributed by atoms with van der Waals surface area (Å²) in [5, 5.41) is 2.54. The number of halogens is 4. The number of anilines is 1. The van der Waals surface area contributed by atoms with Gasteiger partial charge in [-0.1, -0.05) is 34.8 Å². The molecule has 1 aromatic carbocycles. The third kappa shape index (κ3) is 3.52. The van der Waals surface area contributed by atoms with E-state index in [1.165, 1.54) is 0 Å². The molecule has 0 spiro atoms. The van der Waals surface area contributed by atoms with Crippen molar-refractivity contribution >= 4 is 62.3 Å². The molecule has 0 fully saturated rings. The molecular formula is C10H9BrCl3NO. The molecule has 1 rings (SSSR count). The predicted molar refractivity (Wildman–Crippen MR) is 72.5 cm³/mol. The van der Waals surface area contributed by atoms with Crippen LogP contribution < -0.4 is 5.32 Å². The maximum absolute atomic E-state index is 11.5. The van der Waals surface area contributed by atoms with E-state index < -0.39 is 9.70 Å². The highest BCUT2D eigenvalue weighted by Crippen LogP contribution is 2.31. The first-order valence-corrected chi connectivity index (χ1v) is 6.29. The summed E-state index contributed by atoms with van der Waals surface area (Å²) >= 11 is 19.7. The van der Waals surface area contributed by atoms with Crippen molar-refractivity contribution in [3.8, 4) is 0 Å². The van der Waals surface area contributed by atoms with Crippen LogP contribution in [0.1, 0.15) is 11.1 Å². The lowest BCUT2D eigenvalue weighted by Crippen LogP contribution is -2.27. The fraction of sp³-hybridized carbons (Fsp3) is 0.300. The van der Waals surface area contributed by atoms with E-state index in [1.807, 2.05) is 26.0 Å². The Morgan fingerprint density at radius 1 is 1.25 bits per heavy atom. The molecule has 0 saturated carbocycles. The average Bonchev–Trinajstić information content (AvgIpc) is 2.12. The minimum Gasteiger partial charge on any atom is -0.321 e. The van der Waals surface area contributed by atoms with Crippen molar-refractivity contribution in [3.05, 3.63) is 27.7 Å². The summed E-state index contributed by atoms with van der Waals surface area (Å²) in [5.74, 6) is -0.679. The summed E-state index contributed by atoms with van der Waals surface area (Å²) in [6.45, 7) is 3.91. The van der Waals surface area contributed by atoms with Crippen LogP contribution in [-0.4, -0.2) is 9.70 Å². The first-order valence-electron chi connectivity index (χ1n) is 4.36. The number of hydrogen-bond acceptors (Lipinski definition) is 1. The summed E-state index contributed by atoms with van der Waals surface area (Å²) in [5.41, 5.74) is 2.74. The minimum absolute atomic E-state index is 0.583. The van der Waals surface area contributed by atoms with Crippen LogP contribution in [0.4, 0.5) is 5.69 Å². The molecule has 1 N–H and O–H groups in total. The number of carbonyl (C=O) groups is 1. The lowest BCUT2D eigenvalue weighted by Gasteiger charge is -2.14. The highest BCUT2D eigenvalue weighted by atomic mass is 79.9. The number of carbonyl (C=O) groups excluding carboxylic acids is 1. The van der Waals surface area contributed by atoms with Gasteiger partial charge in [0.05, 0.1) is 5.69 Å². The molecule has 0 aromatic heterocycles. The molecule has 0 atom stereocenters. The molecule has 16 heavy (non-hydrogen) atoms. The largest absolute Gasteiger partial charge is 0.321 e. The van der Waals surface area contributed by atoms with Gasteiger partial charge in [-0.3, -0.25) is 4.79 Å². The van der Waals surface area contributed by atoms with Gasteiger partial charge in [0.2, 0.25) is 0 Å². The second-order valence-corrected chi connectivity index (χ2v) is 6.50. The molecule has 1 aromatic rings. The van der Waals surface area contributed by atoms with Crippen molar-refractivity contribution in [3.63, 3.8) is 0 Å². The third-order valence-electron chi connectivity index (χ3n) is 2.09. The number of nitrogens with one attached hydrogen (secondary N) is 1.